The van der Waals surface area contributed by atoms with Crippen LogP contribution in [-0.4, -0.2) is 10.9 Å². The summed E-state index contributed by atoms with van der Waals surface area (Å²) in [6.07, 6.45) is 0. The molecule has 9 heteroatoms. The highest BCUT2D eigenvalue weighted by molar-refractivity contribution is 7.23. The van der Waals surface area contributed by atoms with E-state index in [1.54, 1.807) is 18.2 Å². The van der Waals surface area contributed by atoms with Crippen LogP contribution in [0.2, 0.25) is 15.1 Å². The molecule has 2 heterocycles. The van der Waals surface area contributed by atoms with Crippen LogP contribution in [0.3, 0.4) is 0 Å². The molecule has 2 aromatic heterocycles. The number of halogens is 4. The smallest absolute Gasteiger partial charge is 0.269 e. The third-order valence-corrected chi connectivity index (χ3v) is 6.50. The van der Waals surface area contributed by atoms with Crippen LogP contribution in [-0.2, 0) is 0 Å². The third kappa shape index (κ3) is 3.09. The standard InChI is InChI=1S/C16H6Cl3FN2OS2/c17-6-3-8(18)12-11(4-6)24-14(13(12)19)15(23)22-16-21-9-2-1-7(20)5-10(9)25-16/h1-5H,(H,21,22,23). The summed E-state index contributed by atoms with van der Waals surface area (Å²) in [5.74, 6) is -0.758. The van der Waals surface area contributed by atoms with Gasteiger partial charge >= 0.3 is 0 Å². The summed E-state index contributed by atoms with van der Waals surface area (Å²) < 4.78 is 14.6. The monoisotopic (exact) mass is 430 g/mol. The van der Waals surface area contributed by atoms with Crippen LogP contribution in [0.15, 0.2) is 30.3 Å². The largest absolute Gasteiger partial charge is 0.297 e. The van der Waals surface area contributed by atoms with E-state index < -0.39 is 5.91 Å². The fourth-order valence-electron chi connectivity index (χ4n) is 2.36. The summed E-state index contributed by atoms with van der Waals surface area (Å²) in [6.45, 7) is 0. The van der Waals surface area contributed by atoms with Crippen molar-refractivity contribution in [2.75, 3.05) is 5.32 Å². The molecule has 0 bridgehead atoms. The molecular formula is C16H6Cl3FN2OS2. The van der Waals surface area contributed by atoms with Gasteiger partial charge in [-0.25, -0.2) is 9.37 Å². The minimum absolute atomic E-state index is 0.270. The first-order valence-corrected chi connectivity index (χ1v) is 9.63. The van der Waals surface area contributed by atoms with Crippen molar-refractivity contribution in [3.63, 3.8) is 0 Å². The first-order chi connectivity index (χ1) is 11.9. The van der Waals surface area contributed by atoms with Crippen molar-refractivity contribution in [1.29, 1.82) is 0 Å². The second-order valence-corrected chi connectivity index (χ2v) is 8.40. The molecule has 0 saturated carbocycles. The lowest BCUT2D eigenvalue weighted by Crippen LogP contribution is -2.10. The van der Waals surface area contributed by atoms with Crippen LogP contribution in [0.5, 0.6) is 0 Å². The van der Waals surface area contributed by atoms with Gasteiger partial charge in [-0.1, -0.05) is 46.1 Å². The predicted molar refractivity (Wildman–Crippen MR) is 104 cm³/mol. The highest BCUT2D eigenvalue weighted by atomic mass is 35.5. The van der Waals surface area contributed by atoms with E-state index in [1.165, 1.54) is 34.8 Å². The number of fused-ring (bicyclic) bond motifs is 2. The molecule has 25 heavy (non-hydrogen) atoms. The van der Waals surface area contributed by atoms with Gasteiger partial charge in [0, 0.05) is 15.1 Å². The Labute approximate surface area is 164 Å². The highest BCUT2D eigenvalue weighted by Crippen LogP contribution is 2.41. The number of thiophene rings is 1. The minimum atomic E-state index is -0.405. The first-order valence-electron chi connectivity index (χ1n) is 6.87. The molecule has 4 aromatic rings. The van der Waals surface area contributed by atoms with Crippen molar-refractivity contribution in [2.24, 2.45) is 0 Å². The Hall–Kier alpha value is -1.44. The van der Waals surface area contributed by atoms with E-state index in [1.807, 2.05) is 0 Å². The topological polar surface area (TPSA) is 42.0 Å². The van der Waals surface area contributed by atoms with E-state index in [-0.39, 0.29) is 10.8 Å². The first kappa shape index (κ1) is 17.0. The van der Waals surface area contributed by atoms with Crippen LogP contribution in [0.25, 0.3) is 20.3 Å². The van der Waals surface area contributed by atoms with E-state index >= 15 is 0 Å². The lowest BCUT2D eigenvalue weighted by atomic mass is 10.2. The normalized spacial score (nSPS) is 11.4. The van der Waals surface area contributed by atoms with E-state index in [0.29, 0.717) is 35.7 Å². The SMILES string of the molecule is O=C(Nc1nc2ccc(F)cc2s1)c1sc2cc(Cl)cc(Cl)c2c1Cl. The molecule has 0 saturated heterocycles. The van der Waals surface area contributed by atoms with Gasteiger partial charge in [-0.2, -0.15) is 0 Å². The van der Waals surface area contributed by atoms with E-state index in [0.717, 1.165) is 4.70 Å². The maximum Gasteiger partial charge on any atom is 0.269 e. The summed E-state index contributed by atoms with van der Waals surface area (Å²) >= 11 is 20.9. The quantitative estimate of drug-likeness (QED) is 0.376. The number of carbonyl (C=O) groups is 1. The van der Waals surface area contributed by atoms with Gasteiger partial charge in [0.1, 0.15) is 10.7 Å². The maximum atomic E-state index is 13.3. The van der Waals surface area contributed by atoms with Gasteiger partial charge in [-0.3, -0.25) is 10.1 Å². The molecule has 0 fully saturated rings. The second-order valence-electron chi connectivity index (χ2n) is 5.09. The molecule has 1 N–H and O–H groups in total. The van der Waals surface area contributed by atoms with Gasteiger partial charge in [0.25, 0.3) is 5.91 Å². The lowest BCUT2D eigenvalue weighted by Gasteiger charge is -1.99. The highest BCUT2D eigenvalue weighted by Gasteiger charge is 2.20. The maximum absolute atomic E-state index is 13.3. The van der Waals surface area contributed by atoms with Gasteiger partial charge < -0.3 is 0 Å². The van der Waals surface area contributed by atoms with Gasteiger partial charge in [-0.05, 0) is 30.3 Å². The molecule has 2 aromatic carbocycles. The number of carbonyl (C=O) groups excluding carboxylic acids is 1. The van der Waals surface area contributed by atoms with Crippen molar-refractivity contribution >= 4 is 88.8 Å². The number of amides is 1. The van der Waals surface area contributed by atoms with Crippen molar-refractivity contribution in [3.8, 4) is 0 Å². The van der Waals surface area contributed by atoms with Crippen molar-refractivity contribution in [2.45, 2.75) is 0 Å². The number of aromatic nitrogens is 1. The zero-order valence-corrected chi connectivity index (χ0v) is 16.0. The molecule has 0 radical (unpaired) electrons. The van der Waals surface area contributed by atoms with Gasteiger partial charge in [0.05, 0.1) is 20.3 Å². The summed E-state index contributed by atoms with van der Waals surface area (Å²) in [4.78, 5) is 17.2. The number of nitrogens with one attached hydrogen (secondary N) is 1. The van der Waals surface area contributed by atoms with Gasteiger partial charge in [0.2, 0.25) is 0 Å². The van der Waals surface area contributed by atoms with E-state index in [9.17, 15) is 9.18 Å². The van der Waals surface area contributed by atoms with E-state index in [2.05, 4.69) is 10.3 Å². The number of benzene rings is 2. The Morgan fingerprint density at radius 3 is 2.68 bits per heavy atom. The molecule has 4 rings (SSSR count). The Balaban J connectivity index is 1.71. The Morgan fingerprint density at radius 1 is 1.08 bits per heavy atom. The number of hydrogen-bond acceptors (Lipinski definition) is 4. The molecule has 126 valence electrons. The number of nitrogens with zero attached hydrogens (tertiary/aromatic N) is 1. The van der Waals surface area contributed by atoms with Crippen LogP contribution in [0.1, 0.15) is 9.67 Å². The minimum Gasteiger partial charge on any atom is -0.297 e. The molecule has 0 aliphatic carbocycles. The molecule has 0 atom stereocenters. The summed E-state index contributed by atoms with van der Waals surface area (Å²) in [5.41, 5.74) is 0.610. The fourth-order valence-corrected chi connectivity index (χ4v) is 5.52. The van der Waals surface area contributed by atoms with E-state index in [4.69, 9.17) is 34.8 Å². The Bertz CT molecular complexity index is 1160. The van der Waals surface area contributed by atoms with Crippen molar-refractivity contribution < 1.29 is 9.18 Å². The zero-order chi connectivity index (χ0) is 17.7. The van der Waals surface area contributed by atoms with Crippen LogP contribution in [0, 0.1) is 5.82 Å². The number of thiazole rings is 1. The van der Waals surface area contributed by atoms with Crippen LogP contribution < -0.4 is 5.32 Å². The molecule has 0 spiro atoms. The number of hydrogen-bond donors (Lipinski definition) is 1. The third-order valence-electron chi connectivity index (χ3n) is 3.43. The molecule has 3 nitrogen and oxygen atoms in total. The molecule has 0 aliphatic heterocycles. The average molecular weight is 432 g/mol. The van der Waals surface area contributed by atoms with Crippen molar-refractivity contribution in [1.82, 2.24) is 4.98 Å². The fraction of sp³-hybridized carbons (Fsp3) is 0. The van der Waals surface area contributed by atoms with Crippen LogP contribution >= 0.6 is 57.5 Å². The number of anilines is 1. The zero-order valence-electron chi connectivity index (χ0n) is 12.1. The van der Waals surface area contributed by atoms with Gasteiger partial charge in [-0.15, -0.1) is 11.3 Å². The summed E-state index contributed by atoms with van der Waals surface area (Å²) in [6, 6.07) is 7.54. The second kappa shape index (κ2) is 6.37. The van der Waals surface area contributed by atoms with Gasteiger partial charge in [0.15, 0.2) is 5.13 Å². The molecule has 0 aliphatic rings. The predicted octanol–water partition coefficient (Wildman–Crippen LogP) is 6.86. The Morgan fingerprint density at radius 2 is 1.88 bits per heavy atom. The Kier molecular flexibility index (Phi) is 4.33. The van der Waals surface area contributed by atoms with Crippen LogP contribution in [0.4, 0.5) is 9.52 Å². The summed E-state index contributed by atoms with van der Waals surface area (Å²) in [7, 11) is 0. The molecule has 1 amide bonds. The lowest BCUT2D eigenvalue weighted by molar-refractivity contribution is 0.103. The molecular weight excluding hydrogens is 426 g/mol. The number of rotatable bonds is 2. The summed E-state index contributed by atoms with van der Waals surface area (Å²) in [5, 5.41) is 4.78. The molecule has 0 unspecified atom stereocenters. The van der Waals surface area contributed by atoms with Crippen molar-refractivity contribution in [3.05, 3.63) is 56.1 Å². The average Bonchev–Trinajstić information content (AvgIpc) is 3.07.